The van der Waals surface area contributed by atoms with Crippen LogP contribution >= 0.6 is 0 Å². The average Bonchev–Trinajstić information content (AvgIpc) is 4.36. The molecule has 0 amide bonds. The summed E-state index contributed by atoms with van der Waals surface area (Å²) >= 11 is -3.07. The van der Waals surface area contributed by atoms with Gasteiger partial charge in [0.1, 0.15) is 0 Å². The molecule has 396 valence electrons. The number of allylic oxidation sites excluding steroid dienone is 4. The molecule has 0 saturated carbocycles. The van der Waals surface area contributed by atoms with E-state index >= 15 is 0 Å². The van der Waals surface area contributed by atoms with Gasteiger partial charge in [0.15, 0.2) is 0 Å². The fraction of sp³-hybridized carbons (Fsp3) is 0.148. The van der Waals surface area contributed by atoms with E-state index in [0.29, 0.717) is 0 Å². The quantitative estimate of drug-likeness (QED) is 0.120. The van der Waals surface area contributed by atoms with Crippen molar-refractivity contribution >= 4 is 46.3 Å². The number of hydrogen-bond donors (Lipinski definition) is 0. The third kappa shape index (κ3) is 9.52. The summed E-state index contributed by atoms with van der Waals surface area (Å²) < 4.78 is 3.66. The standard InChI is InChI=1S/C61H49.C15H14.C5H5.Zr/c1-60(2,3)58-36-54-44(34-56(58)52-21-13-11-19-48(52)42-27-29-50-40(31-42)25-23-38-15-7-9-17-46(38)50)33-45-35-57(59(37-55(45)54)61(4,5)6)53-22-14-12-20-49(53)43-28-30-51-41(32-43)26-24-39-16-8-10-18-47(39)51;1-3-8-14(9-4-1)12-7-13-15-10-5-2-6-11-15;1-2-4-5-3-1;/h7-37H,1-6H3;1-6,8-11H,12-13H2;1-3H,4H2;. The third-order valence-electron chi connectivity index (χ3n) is 17.8. The molecule has 0 atom stereocenters. The van der Waals surface area contributed by atoms with Crippen molar-refractivity contribution in [1.82, 2.24) is 0 Å². The van der Waals surface area contributed by atoms with E-state index in [1.165, 1.54) is 132 Å². The molecule has 82 heavy (non-hydrogen) atoms. The molecule has 0 unspecified atom stereocenters. The summed E-state index contributed by atoms with van der Waals surface area (Å²) in [6, 6.07) is 93.1. The van der Waals surface area contributed by atoms with Crippen molar-refractivity contribution in [3.63, 3.8) is 0 Å². The Morgan fingerprint density at radius 1 is 0.366 bits per heavy atom. The monoisotopic (exact) mass is 1130 g/mol. The second kappa shape index (κ2) is 21.0. The number of hydrogen-bond acceptors (Lipinski definition) is 0. The van der Waals surface area contributed by atoms with Crippen LogP contribution in [0.15, 0.2) is 264 Å². The average molecular weight is 1130 g/mol. The van der Waals surface area contributed by atoms with E-state index in [1.54, 1.807) is 6.49 Å². The molecule has 0 nitrogen and oxygen atoms in total. The second-order valence-electron chi connectivity index (χ2n) is 25.1. The Bertz CT molecular complexity index is 4320. The Kier molecular flexibility index (Phi) is 13.3. The molecule has 2 aliphatic carbocycles. The molecule has 0 aromatic heterocycles. The van der Waals surface area contributed by atoms with Crippen LogP contribution in [0.3, 0.4) is 0 Å². The Labute approximate surface area is 492 Å². The first kappa shape index (κ1) is 52.0. The summed E-state index contributed by atoms with van der Waals surface area (Å²) in [5.41, 5.74) is 21.4. The zero-order valence-corrected chi connectivity index (χ0v) is 50.5. The number of benzene rings is 12. The Morgan fingerprint density at radius 2 is 0.768 bits per heavy atom. The van der Waals surface area contributed by atoms with Gasteiger partial charge in [0.05, 0.1) is 0 Å². The predicted molar refractivity (Wildman–Crippen MR) is 350 cm³/mol. The van der Waals surface area contributed by atoms with E-state index in [0.717, 1.165) is 19.3 Å². The van der Waals surface area contributed by atoms with Crippen molar-refractivity contribution in [3.05, 3.63) is 298 Å². The molecule has 1 heteroatoms. The molecule has 0 saturated heterocycles. The van der Waals surface area contributed by atoms with Gasteiger partial charge in [-0.3, -0.25) is 0 Å². The Morgan fingerprint density at radius 3 is 1.21 bits per heavy atom. The van der Waals surface area contributed by atoms with Crippen LogP contribution in [0, 0.1) is 0 Å². The first-order chi connectivity index (χ1) is 39.9. The molecular formula is C81H68Zr. The summed E-state index contributed by atoms with van der Waals surface area (Å²) in [6.45, 7) is 14.5. The van der Waals surface area contributed by atoms with Gasteiger partial charge in [0.2, 0.25) is 0 Å². The molecule has 12 aromatic carbocycles. The molecule has 0 heterocycles. The third-order valence-corrected chi connectivity index (χ3v) is 26.1. The van der Waals surface area contributed by atoms with Crippen LogP contribution in [0.5, 0.6) is 0 Å². The molecule has 0 spiro atoms. The zero-order chi connectivity index (χ0) is 55.7. The molecular weight excluding hydrogens is 1060 g/mol. The second-order valence-corrected chi connectivity index (χ2v) is 31.9. The van der Waals surface area contributed by atoms with Gasteiger partial charge in [-0.25, -0.2) is 0 Å². The van der Waals surface area contributed by atoms with Gasteiger partial charge in [-0.2, -0.15) is 0 Å². The van der Waals surface area contributed by atoms with E-state index in [2.05, 4.69) is 302 Å². The topological polar surface area (TPSA) is 0 Å². The van der Waals surface area contributed by atoms with Crippen molar-refractivity contribution in [2.75, 3.05) is 0 Å². The molecule has 12 aromatic rings. The fourth-order valence-electron chi connectivity index (χ4n) is 13.8. The molecule has 2 aliphatic rings. The maximum atomic E-state index is 2.73. The summed E-state index contributed by atoms with van der Waals surface area (Å²) in [4.78, 5) is 0. The number of rotatable bonds is 10. The molecule has 0 bridgehead atoms. The van der Waals surface area contributed by atoms with Gasteiger partial charge in [0.25, 0.3) is 0 Å². The van der Waals surface area contributed by atoms with Gasteiger partial charge >= 0.3 is 460 Å². The maximum absolute atomic E-state index is 3.07. The van der Waals surface area contributed by atoms with Gasteiger partial charge in [0, 0.05) is 0 Å². The van der Waals surface area contributed by atoms with Crippen molar-refractivity contribution in [3.8, 4) is 55.6 Å². The van der Waals surface area contributed by atoms with E-state index in [1.807, 2.05) is 0 Å². The SMILES string of the molecule is CC(C)(C)c1cc2c(cc1-c1ccccc1-c1ccc3c(ccc4ccccc43)c1)[CH]([Zr]([C]1=CC=CC1)=[C](Cc1ccccc1)Cc1ccccc1)c1cc(-c3ccccc3-c3ccc4c(ccc5ccccc54)c3)c(C(C)(C)C)cc1-2. The molecule has 0 fully saturated rings. The first-order valence-corrected chi connectivity index (χ1v) is 33.4. The molecule has 0 N–H and O–H groups in total. The normalized spacial score (nSPS) is 13.3. The van der Waals surface area contributed by atoms with E-state index in [4.69, 9.17) is 0 Å². The van der Waals surface area contributed by atoms with Crippen LogP contribution in [0.25, 0.3) is 98.7 Å². The Balaban J connectivity index is 1.04. The minimum atomic E-state index is -3.07. The van der Waals surface area contributed by atoms with Crippen molar-refractivity contribution in [1.29, 1.82) is 0 Å². The van der Waals surface area contributed by atoms with Crippen LogP contribution < -0.4 is 0 Å². The number of fused-ring (bicyclic) bond motifs is 9. The van der Waals surface area contributed by atoms with E-state index in [-0.39, 0.29) is 14.5 Å². The van der Waals surface area contributed by atoms with Crippen molar-refractivity contribution < 1.29 is 21.3 Å². The van der Waals surface area contributed by atoms with Crippen LogP contribution in [0.4, 0.5) is 0 Å². The molecule has 0 aliphatic heterocycles. The van der Waals surface area contributed by atoms with E-state index in [9.17, 15) is 0 Å². The predicted octanol–water partition coefficient (Wildman–Crippen LogP) is 21.8. The van der Waals surface area contributed by atoms with Gasteiger partial charge in [-0.15, -0.1) is 0 Å². The summed E-state index contributed by atoms with van der Waals surface area (Å²) in [5, 5.41) is 10.3. The van der Waals surface area contributed by atoms with Crippen LogP contribution in [0.1, 0.15) is 85.0 Å². The minimum absolute atomic E-state index is 0.159. The van der Waals surface area contributed by atoms with Gasteiger partial charge in [-0.1, -0.05) is 36.4 Å². The summed E-state index contributed by atoms with van der Waals surface area (Å²) in [5.74, 6) is 0. The van der Waals surface area contributed by atoms with E-state index < -0.39 is 21.3 Å². The van der Waals surface area contributed by atoms with Crippen LogP contribution in [-0.4, -0.2) is 3.21 Å². The fourth-order valence-corrected chi connectivity index (χ4v) is 23.0. The van der Waals surface area contributed by atoms with Crippen molar-refractivity contribution in [2.24, 2.45) is 0 Å². The summed E-state index contributed by atoms with van der Waals surface area (Å²) in [7, 11) is 0. The zero-order valence-electron chi connectivity index (χ0n) is 48.0. The van der Waals surface area contributed by atoms with Crippen LogP contribution in [0.2, 0.25) is 0 Å². The molecule has 0 radical (unpaired) electrons. The van der Waals surface area contributed by atoms with Crippen LogP contribution in [-0.2, 0) is 44.9 Å². The van der Waals surface area contributed by atoms with Gasteiger partial charge in [-0.05, 0) is 0 Å². The van der Waals surface area contributed by atoms with Crippen molar-refractivity contribution in [2.45, 2.75) is 75.3 Å². The molecule has 14 rings (SSSR count). The first-order valence-electron chi connectivity index (χ1n) is 29.5. The van der Waals surface area contributed by atoms with Gasteiger partial charge < -0.3 is 0 Å². The Hall–Kier alpha value is -8.09. The summed E-state index contributed by atoms with van der Waals surface area (Å²) in [6.07, 6.45) is 10.3.